The van der Waals surface area contributed by atoms with Gasteiger partial charge in [-0.25, -0.2) is 0 Å². The zero-order valence-electron chi connectivity index (χ0n) is 5.00. The van der Waals surface area contributed by atoms with Crippen molar-refractivity contribution in [1.29, 1.82) is 0 Å². The second-order valence-corrected chi connectivity index (χ2v) is 1.88. The molecule has 0 bridgehead atoms. The monoisotopic (exact) mass is 155 g/mol. The molecule has 0 aliphatic heterocycles. The van der Waals surface area contributed by atoms with Crippen molar-refractivity contribution in [2.45, 2.75) is 12.5 Å². The summed E-state index contributed by atoms with van der Waals surface area (Å²) in [5, 5.41) is 16.4. The van der Waals surface area contributed by atoms with Gasteiger partial charge in [-0.2, -0.15) is 0 Å². The van der Waals surface area contributed by atoms with Crippen molar-refractivity contribution in [2.75, 3.05) is 6.61 Å². The van der Waals surface area contributed by atoms with Crippen molar-refractivity contribution in [1.82, 2.24) is 0 Å². The number of aliphatic carboxylic acids is 1. The Hall–Kier alpha value is -0.320. The maximum Gasteiger partial charge on any atom is 0.325 e. The van der Waals surface area contributed by atoms with E-state index in [1.54, 1.807) is 0 Å². The number of halogens is 1. The van der Waals surface area contributed by atoms with Crippen LogP contribution >= 0.6 is 12.4 Å². The first kappa shape index (κ1) is 11.5. The van der Waals surface area contributed by atoms with Gasteiger partial charge >= 0.3 is 5.97 Å². The molecule has 0 spiro atoms. The number of carboxylic acid groups (broad SMARTS) is 1. The topological polar surface area (TPSA) is 83.5 Å². The Bertz CT molecular complexity index is 104. The third-order valence-electron chi connectivity index (χ3n) is 0.817. The van der Waals surface area contributed by atoms with Crippen LogP contribution in [-0.2, 0) is 4.79 Å². The zero-order valence-corrected chi connectivity index (χ0v) is 5.81. The largest absolute Gasteiger partial charge is 0.480 e. The molecule has 0 rings (SSSR count). The Labute approximate surface area is 59.1 Å². The van der Waals surface area contributed by atoms with E-state index in [-0.39, 0.29) is 12.4 Å². The van der Waals surface area contributed by atoms with Gasteiger partial charge < -0.3 is 15.9 Å². The van der Waals surface area contributed by atoms with Gasteiger partial charge in [0, 0.05) is 0 Å². The summed E-state index contributed by atoms with van der Waals surface area (Å²) in [6.07, 6.45) is 0. The summed E-state index contributed by atoms with van der Waals surface area (Å²) in [5.74, 6) is -1.19. The molecule has 0 amide bonds. The van der Waals surface area contributed by atoms with Gasteiger partial charge in [-0.3, -0.25) is 4.79 Å². The first-order valence-electron chi connectivity index (χ1n) is 2.14. The molecule has 0 fully saturated rings. The molecule has 56 valence electrons. The van der Waals surface area contributed by atoms with E-state index in [9.17, 15) is 4.79 Å². The first-order valence-corrected chi connectivity index (χ1v) is 2.14. The van der Waals surface area contributed by atoms with E-state index < -0.39 is 18.1 Å². The molecule has 0 aromatic rings. The molecule has 4 N–H and O–H groups in total. The van der Waals surface area contributed by atoms with Gasteiger partial charge in [0.25, 0.3) is 0 Å². The Kier molecular flexibility index (Phi) is 4.66. The van der Waals surface area contributed by atoms with Gasteiger partial charge in [-0.1, -0.05) is 0 Å². The summed E-state index contributed by atoms with van der Waals surface area (Å²) in [6.45, 7) is 0.706. The lowest BCUT2D eigenvalue weighted by Gasteiger charge is -2.13. The van der Waals surface area contributed by atoms with Gasteiger partial charge in [-0.05, 0) is 6.92 Å². The number of carbonyl (C=O) groups is 1. The third kappa shape index (κ3) is 3.29. The summed E-state index contributed by atoms with van der Waals surface area (Å²) in [6, 6.07) is 0. The van der Waals surface area contributed by atoms with E-state index in [1.165, 1.54) is 6.92 Å². The lowest BCUT2D eigenvalue weighted by atomic mass is 10.1. The van der Waals surface area contributed by atoms with Gasteiger partial charge in [0.1, 0.15) is 5.54 Å². The Balaban J connectivity index is 0. The Morgan fingerprint density at radius 2 is 2.11 bits per heavy atom. The molecule has 0 aliphatic carbocycles. The number of aliphatic hydroxyl groups is 1. The molecule has 0 aliphatic rings. The maximum atomic E-state index is 9.97. The van der Waals surface area contributed by atoms with Crippen LogP contribution in [0.15, 0.2) is 0 Å². The molecule has 0 saturated carbocycles. The lowest BCUT2D eigenvalue weighted by Crippen LogP contribution is -2.48. The molecular weight excluding hydrogens is 146 g/mol. The fourth-order valence-electron chi connectivity index (χ4n) is 0.0676. The fourth-order valence-corrected chi connectivity index (χ4v) is 0.0676. The predicted molar refractivity (Wildman–Crippen MR) is 34.6 cm³/mol. The van der Waals surface area contributed by atoms with Crippen LogP contribution in [0.25, 0.3) is 0 Å². The highest BCUT2D eigenvalue weighted by atomic mass is 35.5. The molecule has 9 heavy (non-hydrogen) atoms. The molecule has 4 nitrogen and oxygen atoms in total. The van der Waals surface area contributed by atoms with Crippen molar-refractivity contribution in [3.05, 3.63) is 0 Å². The smallest absolute Gasteiger partial charge is 0.325 e. The van der Waals surface area contributed by atoms with E-state index in [2.05, 4.69) is 0 Å². The van der Waals surface area contributed by atoms with Crippen LogP contribution in [-0.4, -0.2) is 28.3 Å². The van der Waals surface area contributed by atoms with Gasteiger partial charge in [0.05, 0.1) is 6.61 Å². The molecule has 0 aromatic carbocycles. The van der Waals surface area contributed by atoms with E-state index in [0.29, 0.717) is 0 Å². The van der Waals surface area contributed by atoms with E-state index in [4.69, 9.17) is 15.9 Å². The minimum atomic E-state index is -1.49. The number of hydrogen-bond acceptors (Lipinski definition) is 3. The molecule has 0 unspecified atom stereocenters. The van der Waals surface area contributed by atoms with E-state index in [0.717, 1.165) is 0 Å². The SMILES string of the molecule is C[C@](N)(CO)C(=O)O.Cl. The maximum absolute atomic E-state index is 9.97. The average molecular weight is 156 g/mol. The van der Waals surface area contributed by atoms with Crippen LogP contribution in [0, 0.1) is 0 Å². The van der Waals surface area contributed by atoms with Crippen molar-refractivity contribution in [3.8, 4) is 0 Å². The summed E-state index contributed by atoms with van der Waals surface area (Å²) in [4.78, 5) is 9.97. The molecule has 0 aromatic heterocycles. The highest BCUT2D eigenvalue weighted by molar-refractivity contribution is 5.85. The molecule has 5 heteroatoms. The van der Waals surface area contributed by atoms with Crippen molar-refractivity contribution >= 4 is 18.4 Å². The lowest BCUT2D eigenvalue weighted by molar-refractivity contribution is -0.144. The fraction of sp³-hybridized carbons (Fsp3) is 0.750. The first-order chi connectivity index (χ1) is 3.50. The normalized spacial score (nSPS) is 15.4. The van der Waals surface area contributed by atoms with Crippen molar-refractivity contribution in [3.63, 3.8) is 0 Å². The second kappa shape index (κ2) is 3.66. The number of hydrogen-bond donors (Lipinski definition) is 3. The van der Waals surface area contributed by atoms with Crippen LogP contribution in [0.3, 0.4) is 0 Å². The summed E-state index contributed by atoms with van der Waals surface area (Å²) < 4.78 is 0. The Morgan fingerprint density at radius 1 is 1.78 bits per heavy atom. The number of carboxylic acids is 1. The minimum Gasteiger partial charge on any atom is -0.480 e. The Morgan fingerprint density at radius 3 is 2.11 bits per heavy atom. The molecule has 0 radical (unpaired) electrons. The highest BCUT2D eigenvalue weighted by Gasteiger charge is 2.25. The van der Waals surface area contributed by atoms with E-state index >= 15 is 0 Å². The second-order valence-electron chi connectivity index (χ2n) is 1.88. The zero-order chi connectivity index (χ0) is 6.78. The molecule has 0 saturated heterocycles. The number of aliphatic hydroxyl groups excluding tert-OH is 1. The van der Waals surface area contributed by atoms with Crippen molar-refractivity contribution < 1.29 is 15.0 Å². The van der Waals surface area contributed by atoms with Crippen LogP contribution in [0.5, 0.6) is 0 Å². The summed E-state index contributed by atoms with van der Waals surface area (Å²) in [7, 11) is 0. The summed E-state index contributed by atoms with van der Waals surface area (Å²) >= 11 is 0. The molecular formula is C4H10ClNO3. The minimum absolute atomic E-state index is 0. The predicted octanol–water partition coefficient (Wildman–Crippen LogP) is -0.797. The van der Waals surface area contributed by atoms with Crippen LogP contribution in [0.4, 0.5) is 0 Å². The van der Waals surface area contributed by atoms with E-state index in [1.807, 2.05) is 0 Å². The van der Waals surface area contributed by atoms with Crippen LogP contribution < -0.4 is 5.73 Å². The number of nitrogens with two attached hydrogens (primary N) is 1. The quantitative estimate of drug-likeness (QED) is 0.488. The van der Waals surface area contributed by atoms with Crippen LogP contribution in [0.1, 0.15) is 6.92 Å². The van der Waals surface area contributed by atoms with Crippen molar-refractivity contribution in [2.24, 2.45) is 5.73 Å². The average Bonchev–Trinajstić information content (AvgIpc) is 1.67. The van der Waals surface area contributed by atoms with Crippen LogP contribution in [0.2, 0.25) is 0 Å². The van der Waals surface area contributed by atoms with Gasteiger partial charge in [0.2, 0.25) is 0 Å². The number of rotatable bonds is 2. The molecule has 1 atom stereocenters. The third-order valence-corrected chi connectivity index (χ3v) is 0.817. The summed E-state index contributed by atoms with van der Waals surface area (Å²) in [5.41, 5.74) is 3.52. The van der Waals surface area contributed by atoms with Gasteiger partial charge in [-0.15, -0.1) is 12.4 Å². The van der Waals surface area contributed by atoms with Gasteiger partial charge in [0.15, 0.2) is 0 Å². The highest BCUT2D eigenvalue weighted by Crippen LogP contribution is 1.94. The standard InChI is InChI=1S/C4H9NO3.ClH/c1-4(5,2-6)3(7)8;/h6H,2,5H2,1H3,(H,7,8);1H/t4-;/m0./s1. The molecule has 0 heterocycles.